The van der Waals surface area contributed by atoms with Crippen LogP contribution in [-0.2, 0) is 4.79 Å². The zero-order valence-electron chi connectivity index (χ0n) is 23.8. The molecule has 0 heterocycles. The maximum absolute atomic E-state index is 12.2. The van der Waals surface area contributed by atoms with E-state index in [4.69, 9.17) is 0 Å². The molecule has 0 saturated heterocycles. The van der Waals surface area contributed by atoms with Crippen LogP contribution >= 0.6 is 0 Å². The third-order valence-electron chi connectivity index (χ3n) is 6.62. The van der Waals surface area contributed by atoms with Crippen molar-refractivity contribution >= 4 is 5.91 Å². The molecule has 1 amide bonds. The van der Waals surface area contributed by atoms with Gasteiger partial charge in [0.05, 0.1) is 18.8 Å². The molecule has 36 heavy (non-hydrogen) atoms. The van der Waals surface area contributed by atoms with E-state index in [-0.39, 0.29) is 12.5 Å². The quantitative estimate of drug-likeness (QED) is 0.0817. The van der Waals surface area contributed by atoms with Crippen LogP contribution in [0.25, 0.3) is 0 Å². The van der Waals surface area contributed by atoms with Gasteiger partial charge in [-0.15, -0.1) is 0 Å². The van der Waals surface area contributed by atoms with E-state index in [0.29, 0.717) is 6.42 Å². The summed E-state index contributed by atoms with van der Waals surface area (Å²) in [6.45, 7) is 4.19. The standard InChI is InChI=1S/C32H59NO3/c1-3-5-7-9-11-12-13-14-15-16-17-18-19-20-21-22-24-26-28-32(36)33-30(29-34)31(35)27-25-23-10-8-6-4-2/h12-13,15-16,25,27,30-31,34-35H,3-11,14,17-24,26,28-29H2,1-2H3,(H,33,36)/b13-12-,16-15-,27-25+. The van der Waals surface area contributed by atoms with E-state index in [0.717, 1.165) is 32.1 Å². The van der Waals surface area contributed by atoms with Gasteiger partial charge in [-0.2, -0.15) is 0 Å². The predicted molar refractivity (Wildman–Crippen MR) is 156 cm³/mol. The summed E-state index contributed by atoms with van der Waals surface area (Å²) >= 11 is 0. The van der Waals surface area contributed by atoms with Crippen molar-refractivity contribution in [3.05, 3.63) is 36.5 Å². The molecular weight excluding hydrogens is 446 g/mol. The number of hydrogen-bond acceptors (Lipinski definition) is 3. The lowest BCUT2D eigenvalue weighted by Gasteiger charge is -2.20. The lowest BCUT2D eigenvalue weighted by Crippen LogP contribution is -2.45. The normalized spacial score (nSPS) is 13.8. The highest BCUT2D eigenvalue weighted by Gasteiger charge is 2.17. The second kappa shape index (κ2) is 28.2. The Labute approximate surface area is 223 Å². The van der Waals surface area contributed by atoms with Gasteiger partial charge in [0.2, 0.25) is 5.91 Å². The number of hydrogen-bond donors (Lipinski definition) is 3. The molecule has 0 fully saturated rings. The van der Waals surface area contributed by atoms with Gasteiger partial charge in [-0.05, 0) is 51.4 Å². The first-order chi connectivity index (χ1) is 17.7. The van der Waals surface area contributed by atoms with Gasteiger partial charge in [-0.25, -0.2) is 0 Å². The maximum Gasteiger partial charge on any atom is 0.220 e. The summed E-state index contributed by atoms with van der Waals surface area (Å²) in [6, 6.07) is -0.620. The average Bonchev–Trinajstić information content (AvgIpc) is 2.88. The number of rotatable bonds is 26. The molecule has 0 aromatic heterocycles. The van der Waals surface area contributed by atoms with E-state index < -0.39 is 12.1 Å². The highest BCUT2D eigenvalue weighted by molar-refractivity contribution is 5.76. The Morgan fingerprint density at radius 1 is 0.667 bits per heavy atom. The Hall–Kier alpha value is -1.39. The molecule has 0 aromatic carbocycles. The number of unbranched alkanes of at least 4 members (excludes halogenated alkanes) is 15. The van der Waals surface area contributed by atoms with Gasteiger partial charge in [-0.3, -0.25) is 4.79 Å². The van der Waals surface area contributed by atoms with Crippen molar-refractivity contribution in [1.29, 1.82) is 0 Å². The van der Waals surface area contributed by atoms with Gasteiger partial charge in [0, 0.05) is 6.42 Å². The van der Waals surface area contributed by atoms with Gasteiger partial charge in [0.25, 0.3) is 0 Å². The van der Waals surface area contributed by atoms with Crippen LogP contribution in [0.3, 0.4) is 0 Å². The van der Waals surface area contributed by atoms with Crippen molar-refractivity contribution < 1.29 is 15.0 Å². The lowest BCUT2D eigenvalue weighted by molar-refractivity contribution is -0.123. The van der Waals surface area contributed by atoms with Gasteiger partial charge in [0.1, 0.15) is 0 Å². The molecule has 0 aromatic rings. The summed E-state index contributed by atoms with van der Waals surface area (Å²) in [5.74, 6) is -0.0810. The Bertz CT molecular complexity index is 556. The number of aliphatic hydroxyl groups is 2. The number of carbonyl (C=O) groups is 1. The summed E-state index contributed by atoms with van der Waals surface area (Å²) in [6.07, 6.45) is 35.1. The molecule has 0 aliphatic heterocycles. The fourth-order valence-corrected chi connectivity index (χ4v) is 4.20. The van der Waals surface area contributed by atoms with Crippen molar-refractivity contribution in [3.63, 3.8) is 0 Å². The maximum atomic E-state index is 12.2. The SMILES string of the molecule is CCCCCC/C=C\C/C=C\CCCCCCCCCC(=O)NC(CO)C(O)/C=C/CCCCCC. The molecule has 2 atom stereocenters. The van der Waals surface area contributed by atoms with E-state index >= 15 is 0 Å². The van der Waals surface area contributed by atoms with Gasteiger partial charge in [0.15, 0.2) is 0 Å². The summed E-state index contributed by atoms with van der Waals surface area (Å²) in [5, 5.41) is 22.5. The third-order valence-corrected chi connectivity index (χ3v) is 6.62. The molecule has 4 nitrogen and oxygen atoms in total. The largest absolute Gasteiger partial charge is 0.394 e. The first-order valence-corrected chi connectivity index (χ1v) is 15.2. The third kappa shape index (κ3) is 24.3. The molecule has 3 N–H and O–H groups in total. The summed E-state index contributed by atoms with van der Waals surface area (Å²) < 4.78 is 0. The van der Waals surface area contributed by atoms with E-state index in [1.54, 1.807) is 6.08 Å². The van der Waals surface area contributed by atoms with E-state index in [1.165, 1.54) is 89.9 Å². The van der Waals surface area contributed by atoms with Crippen molar-refractivity contribution in [2.45, 2.75) is 154 Å². The summed E-state index contributed by atoms with van der Waals surface area (Å²) in [7, 11) is 0. The molecule has 0 rings (SSSR count). The zero-order valence-corrected chi connectivity index (χ0v) is 23.8. The summed E-state index contributed by atoms with van der Waals surface area (Å²) in [4.78, 5) is 12.2. The molecule has 0 bridgehead atoms. The van der Waals surface area contributed by atoms with Crippen molar-refractivity contribution in [2.24, 2.45) is 0 Å². The van der Waals surface area contributed by atoms with Crippen LogP contribution in [0.2, 0.25) is 0 Å². The number of carbonyl (C=O) groups excluding carboxylic acids is 1. The predicted octanol–water partition coefficient (Wildman–Crippen LogP) is 8.33. The first-order valence-electron chi connectivity index (χ1n) is 15.2. The van der Waals surface area contributed by atoms with Crippen molar-refractivity contribution in [3.8, 4) is 0 Å². The molecule has 0 spiro atoms. The van der Waals surface area contributed by atoms with Crippen LogP contribution in [0.15, 0.2) is 36.5 Å². The van der Waals surface area contributed by atoms with Crippen molar-refractivity contribution in [1.82, 2.24) is 5.32 Å². The number of nitrogens with one attached hydrogen (secondary N) is 1. The van der Waals surface area contributed by atoms with Crippen LogP contribution in [-0.4, -0.2) is 34.9 Å². The second-order valence-electron chi connectivity index (χ2n) is 10.2. The fraction of sp³-hybridized carbons (Fsp3) is 0.781. The number of amides is 1. The minimum absolute atomic E-state index is 0.0810. The number of aliphatic hydroxyl groups excluding tert-OH is 2. The Morgan fingerprint density at radius 2 is 1.14 bits per heavy atom. The van der Waals surface area contributed by atoms with Crippen LogP contribution in [0, 0.1) is 0 Å². The zero-order chi connectivity index (χ0) is 26.5. The minimum atomic E-state index is -0.836. The Kier molecular flexibility index (Phi) is 27.1. The molecular formula is C32H59NO3. The smallest absolute Gasteiger partial charge is 0.220 e. The molecule has 4 heteroatoms. The van der Waals surface area contributed by atoms with Crippen LogP contribution in [0.4, 0.5) is 0 Å². The minimum Gasteiger partial charge on any atom is -0.394 e. The highest BCUT2D eigenvalue weighted by Crippen LogP contribution is 2.11. The first kappa shape index (κ1) is 34.6. The van der Waals surface area contributed by atoms with Crippen molar-refractivity contribution in [2.75, 3.05) is 6.61 Å². The molecule has 0 radical (unpaired) electrons. The molecule has 0 aliphatic rings. The fourth-order valence-electron chi connectivity index (χ4n) is 4.20. The molecule has 2 unspecified atom stereocenters. The molecule has 0 aliphatic carbocycles. The van der Waals surface area contributed by atoms with Gasteiger partial charge >= 0.3 is 0 Å². The van der Waals surface area contributed by atoms with E-state index in [9.17, 15) is 15.0 Å². The van der Waals surface area contributed by atoms with Gasteiger partial charge < -0.3 is 15.5 Å². The summed E-state index contributed by atoms with van der Waals surface area (Å²) in [5.41, 5.74) is 0. The molecule has 0 saturated carbocycles. The average molecular weight is 506 g/mol. The van der Waals surface area contributed by atoms with Crippen LogP contribution < -0.4 is 5.32 Å². The highest BCUT2D eigenvalue weighted by atomic mass is 16.3. The Balaban J connectivity index is 3.62. The monoisotopic (exact) mass is 505 g/mol. The number of allylic oxidation sites excluding steroid dienone is 5. The van der Waals surface area contributed by atoms with E-state index in [2.05, 4.69) is 43.5 Å². The lowest BCUT2D eigenvalue weighted by atomic mass is 10.1. The van der Waals surface area contributed by atoms with Gasteiger partial charge in [-0.1, -0.05) is 121 Å². The second-order valence-corrected chi connectivity index (χ2v) is 10.2. The Morgan fingerprint density at radius 3 is 1.67 bits per heavy atom. The van der Waals surface area contributed by atoms with E-state index in [1.807, 2.05) is 6.08 Å². The topological polar surface area (TPSA) is 69.6 Å². The molecule has 210 valence electrons. The van der Waals surface area contributed by atoms with Crippen LogP contribution in [0.1, 0.15) is 142 Å². The van der Waals surface area contributed by atoms with Crippen LogP contribution in [0.5, 0.6) is 0 Å².